The van der Waals surface area contributed by atoms with E-state index < -0.39 is 0 Å². The van der Waals surface area contributed by atoms with Crippen molar-refractivity contribution in [3.8, 4) is 0 Å². The van der Waals surface area contributed by atoms with Crippen LogP contribution in [-0.4, -0.2) is 36.1 Å². The standard InChI is InChI=1S/C20H30N4O2/c1-23-13-5-9-17(23)18-10-6-14-24(18)15-19(25)22-20(26)21-12-11-16-7-3-2-4-8-16/h5,7,9,13,18H,2-4,6,8,10-12,14-15H2,1H3,(H2,21,22,25,26)/p+1/t18-/m1/s1. The first-order valence-electron chi connectivity index (χ1n) is 9.85. The molecule has 1 aliphatic carbocycles. The second kappa shape index (κ2) is 9.03. The Morgan fingerprint density at radius 2 is 2.19 bits per heavy atom. The summed E-state index contributed by atoms with van der Waals surface area (Å²) >= 11 is 0. The first kappa shape index (κ1) is 18.7. The number of imide groups is 1. The second-order valence-electron chi connectivity index (χ2n) is 7.49. The molecule has 142 valence electrons. The van der Waals surface area contributed by atoms with Gasteiger partial charge < -0.3 is 14.8 Å². The van der Waals surface area contributed by atoms with Crippen LogP contribution in [0.4, 0.5) is 4.79 Å². The molecular weight excluding hydrogens is 328 g/mol. The van der Waals surface area contributed by atoms with Crippen molar-refractivity contribution in [2.75, 3.05) is 19.6 Å². The lowest BCUT2D eigenvalue weighted by Gasteiger charge is -2.21. The van der Waals surface area contributed by atoms with Crippen LogP contribution in [0.5, 0.6) is 0 Å². The number of allylic oxidation sites excluding steroid dienone is 1. The van der Waals surface area contributed by atoms with Crippen molar-refractivity contribution in [1.82, 2.24) is 15.2 Å². The third-order valence-corrected chi connectivity index (χ3v) is 5.58. The monoisotopic (exact) mass is 359 g/mol. The van der Waals surface area contributed by atoms with Gasteiger partial charge in [0.2, 0.25) is 0 Å². The summed E-state index contributed by atoms with van der Waals surface area (Å²) in [6, 6.07) is 4.13. The van der Waals surface area contributed by atoms with Gasteiger partial charge in [-0.3, -0.25) is 10.1 Å². The van der Waals surface area contributed by atoms with E-state index >= 15 is 0 Å². The quantitative estimate of drug-likeness (QED) is 0.673. The van der Waals surface area contributed by atoms with Crippen LogP contribution >= 0.6 is 0 Å². The molecule has 3 rings (SSSR count). The van der Waals surface area contributed by atoms with Crippen LogP contribution in [0.25, 0.3) is 0 Å². The first-order valence-corrected chi connectivity index (χ1v) is 9.85. The maximum Gasteiger partial charge on any atom is 0.321 e. The number of aromatic nitrogens is 1. The molecule has 1 fully saturated rings. The van der Waals surface area contributed by atoms with Crippen molar-refractivity contribution >= 4 is 11.9 Å². The van der Waals surface area contributed by atoms with E-state index in [1.165, 1.54) is 29.0 Å². The lowest BCUT2D eigenvalue weighted by Crippen LogP contribution is -3.11. The molecule has 0 saturated carbocycles. The van der Waals surface area contributed by atoms with E-state index in [0.29, 0.717) is 19.1 Å². The Morgan fingerprint density at radius 3 is 2.92 bits per heavy atom. The molecule has 0 radical (unpaired) electrons. The molecule has 0 spiro atoms. The van der Waals surface area contributed by atoms with Gasteiger partial charge >= 0.3 is 6.03 Å². The summed E-state index contributed by atoms with van der Waals surface area (Å²) in [6.07, 6.45) is 12.2. The molecule has 1 aromatic rings. The molecule has 0 aromatic carbocycles. The van der Waals surface area contributed by atoms with Gasteiger partial charge in [-0.1, -0.05) is 11.6 Å². The number of quaternary nitrogens is 1. The zero-order valence-electron chi connectivity index (χ0n) is 15.7. The number of likely N-dealkylation sites (tertiary alicyclic amines) is 1. The van der Waals surface area contributed by atoms with Gasteiger partial charge in [-0.15, -0.1) is 0 Å². The number of carbonyl (C=O) groups is 2. The van der Waals surface area contributed by atoms with Gasteiger partial charge in [0.05, 0.1) is 12.2 Å². The van der Waals surface area contributed by atoms with Crippen LogP contribution in [-0.2, 0) is 11.8 Å². The van der Waals surface area contributed by atoms with E-state index in [4.69, 9.17) is 0 Å². The minimum Gasteiger partial charge on any atom is -0.350 e. The van der Waals surface area contributed by atoms with Crippen LogP contribution in [0.2, 0.25) is 0 Å². The molecule has 1 aliphatic heterocycles. The highest BCUT2D eigenvalue weighted by Crippen LogP contribution is 2.19. The summed E-state index contributed by atoms with van der Waals surface area (Å²) in [5, 5.41) is 5.30. The Hall–Kier alpha value is -2.08. The third kappa shape index (κ3) is 4.97. The van der Waals surface area contributed by atoms with Gasteiger partial charge in [-0.05, 0) is 44.2 Å². The normalized spacial score (nSPS) is 22.7. The number of hydrogen-bond donors (Lipinski definition) is 3. The molecule has 1 saturated heterocycles. The highest BCUT2D eigenvalue weighted by molar-refractivity contribution is 5.94. The number of hydrogen-bond acceptors (Lipinski definition) is 2. The summed E-state index contributed by atoms with van der Waals surface area (Å²) in [6.45, 7) is 1.90. The zero-order chi connectivity index (χ0) is 18.4. The van der Waals surface area contributed by atoms with Crippen molar-refractivity contribution < 1.29 is 14.5 Å². The predicted octanol–water partition coefficient (Wildman–Crippen LogP) is 1.46. The smallest absolute Gasteiger partial charge is 0.321 e. The molecule has 2 aliphatic rings. The van der Waals surface area contributed by atoms with Gasteiger partial charge in [0.1, 0.15) is 6.04 Å². The lowest BCUT2D eigenvalue weighted by atomic mass is 9.97. The number of nitrogens with zero attached hydrogens (tertiary/aromatic N) is 1. The van der Waals surface area contributed by atoms with Crippen molar-refractivity contribution in [2.45, 2.75) is 51.0 Å². The predicted molar refractivity (Wildman–Crippen MR) is 101 cm³/mol. The fourth-order valence-electron chi connectivity index (χ4n) is 4.21. The highest BCUT2D eigenvalue weighted by Gasteiger charge is 2.33. The second-order valence-corrected chi connectivity index (χ2v) is 7.49. The summed E-state index contributed by atoms with van der Waals surface area (Å²) in [4.78, 5) is 25.5. The number of carbonyl (C=O) groups excluding carboxylic acids is 2. The van der Waals surface area contributed by atoms with E-state index in [0.717, 1.165) is 38.6 Å². The largest absolute Gasteiger partial charge is 0.350 e. The van der Waals surface area contributed by atoms with Gasteiger partial charge in [0.15, 0.2) is 6.54 Å². The van der Waals surface area contributed by atoms with Crippen molar-refractivity contribution in [1.29, 1.82) is 0 Å². The number of aryl methyl sites for hydroxylation is 1. The zero-order valence-corrected chi connectivity index (χ0v) is 15.7. The molecule has 2 atom stereocenters. The fourth-order valence-corrected chi connectivity index (χ4v) is 4.21. The highest BCUT2D eigenvalue weighted by atomic mass is 16.2. The maximum absolute atomic E-state index is 12.3. The fraction of sp³-hybridized carbons (Fsp3) is 0.600. The maximum atomic E-state index is 12.3. The third-order valence-electron chi connectivity index (χ3n) is 5.58. The number of rotatable bonds is 6. The molecule has 3 N–H and O–H groups in total. The van der Waals surface area contributed by atoms with E-state index in [-0.39, 0.29) is 11.9 Å². The Bertz CT molecular complexity index is 665. The van der Waals surface area contributed by atoms with E-state index in [2.05, 4.69) is 27.3 Å². The van der Waals surface area contributed by atoms with Gasteiger partial charge in [-0.25, -0.2) is 4.79 Å². The van der Waals surface area contributed by atoms with E-state index in [1.54, 1.807) is 0 Å². The van der Waals surface area contributed by atoms with Crippen molar-refractivity contribution in [2.24, 2.45) is 7.05 Å². The van der Waals surface area contributed by atoms with Crippen molar-refractivity contribution in [3.05, 3.63) is 35.7 Å². The molecule has 1 aromatic heterocycles. The Kier molecular flexibility index (Phi) is 6.50. The molecule has 3 amide bonds. The summed E-state index contributed by atoms with van der Waals surface area (Å²) in [5.74, 6) is -0.199. The molecule has 6 heteroatoms. The summed E-state index contributed by atoms with van der Waals surface area (Å²) in [7, 11) is 2.04. The number of urea groups is 1. The molecule has 0 bridgehead atoms. The van der Waals surface area contributed by atoms with Crippen LogP contribution < -0.4 is 15.5 Å². The van der Waals surface area contributed by atoms with Crippen LogP contribution in [0.3, 0.4) is 0 Å². The van der Waals surface area contributed by atoms with Gasteiger partial charge in [-0.2, -0.15) is 0 Å². The van der Waals surface area contributed by atoms with E-state index in [9.17, 15) is 9.59 Å². The number of nitrogens with one attached hydrogen (secondary N) is 3. The van der Waals surface area contributed by atoms with Crippen molar-refractivity contribution in [3.63, 3.8) is 0 Å². The Balaban J connectivity index is 1.41. The molecule has 2 heterocycles. The molecule has 1 unspecified atom stereocenters. The Labute approximate surface area is 155 Å². The van der Waals surface area contributed by atoms with Crippen LogP contribution in [0, 0.1) is 0 Å². The Morgan fingerprint density at radius 1 is 1.31 bits per heavy atom. The topological polar surface area (TPSA) is 67.6 Å². The summed E-state index contributed by atoms with van der Waals surface area (Å²) < 4.78 is 2.13. The van der Waals surface area contributed by atoms with Crippen LogP contribution in [0.15, 0.2) is 30.0 Å². The average Bonchev–Trinajstić information content (AvgIpc) is 3.24. The lowest BCUT2D eigenvalue weighted by molar-refractivity contribution is -0.911. The van der Waals surface area contributed by atoms with Crippen LogP contribution in [0.1, 0.15) is 56.7 Å². The van der Waals surface area contributed by atoms with Gasteiger partial charge in [0.25, 0.3) is 5.91 Å². The molecular formula is C20H31N4O2+. The summed E-state index contributed by atoms with van der Waals surface area (Å²) in [5.41, 5.74) is 2.69. The number of amides is 3. The molecule has 6 nitrogen and oxygen atoms in total. The minimum atomic E-state index is -0.375. The first-order chi connectivity index (χ1) is 12.6. The van der Waals surface area contributed by atoms with E-state index in [1.807, 2.05) is 19.3 Å². The molecule has 26 heavy (non-hydrogen) atoms. The average molecular weight is 359 g/mol. The SMILES string of the molecule is Cn1cccc1[C@H]1CCC[NH+]1CC(=O)NC(=O)NCCC1=CCCCC1. The minimum absolute atomic E-state index is 0.199. The van der Waals surface area contributed by atoms with Gasteiger partial charge in [0, 0.05) is 32.6 Å².